The number of amides is 1. The first kappa shape index (κ1) is 22.0. The van der Waals surface area contributed by atoms with Gasteiger partial charge in [0.05, 0.1) is 11.1 Å². The van der Waals surface area contributed by atoms with Crippen LogP contribution in [0.4, 0.5) is 5.69 Å². The highest BCUT2D eigenvalue weighted by molar-refractivity contribution is 6.45. The molecule has 5 heteroatoms. The minimum atomic E-state index is -0.418. The van der Waals surface area contributed by atoms with E-state index in [4.69, 9.17) is 0 Å². The number of nitrogens with zero attached hydrogens (tertiary/aromatic N) is 3. The lowest BCUT2D eigenvalue weighted by molar-refractivity contribution is -0.126. The van der Waals surface area contributed by atoms with E-state index in [9.17, 15) is 9.59 Å². The number of anilines is 1. The summed E-state index contributed by atoms with van der Waals surface area (Å²) in [5, 5.41) is 0.858. The van der Waals surface area contributed by atoms with Gasteiger partial charge in [0.2, 0.25) is 0 Å². The molecule has 0 radical (unpaired) electrons. The SMILES string of the molecule is CCc1cccc2c(C(=O)C(=O)N3CCN(c4ccccc4)CC3)cn(Cc3ccccc3)c12. The van der Waals surface area contributed by atoms with Gasteiger partial charge in [-0.15, -0.1) is 0 Å². The summed E-state index contributed by atoms with van der Waals surface area (Å²) in [6, 6.07) is 26.4. The Bertz CT molecular complexity index is 1300. The number of para-hydroxylation sites is 2. The quantitative estimate of drug-likeness (QED) is 0.313. The highest BCUT2D eigenvalue weighted by Crippen LogP contribution is 2.27. The zero-order chi connectivity index (χ0) is 23.5. The number of piperazine rings is 1. The standard InChI is InChI=1S/C29H29N3O2/c1-2-23-12-9-15-25-26(21-32(27(23)25)20-22-10-5-3-6-11-22)28(33)29(34)31-18-16-30(17-19-31)24-13-7-4-8-14-24/h3-15,21H,2,16-20H2,1H3. The third-order valence-corrected chi connectivity index (χ3v) is 6.69. The van der Waals surface area contributed by atoms with Crippen molar-refractivity contribution in [3.8, 4) is 0 Å². The summed E-state index contributed by atoms with van der Waals surface area (Å²) in [4.78, 5) is 30.7. The summed E-state index contributed by atoms with van der Waals surface area (Å²) in [6.07, 6.45) is 2.73. The van der Waals surface area contributed by atoms with Crippen LogP contribution in [0, 0.1) is 0 Å². The third kappa shape index (κ3) is 4.21. The minimum absolute atomic E-state index is 0.409. The number of carbonyl (C=O) groups is 2. The second-order valence-electron chi connectivity index (χ2n) is 8.77. The van der Waals surface area contributed by atoms with E-state index in [0.29, 0.717) is 25.2 Å². The van der Waals surface area contributed by atoms with Crippen molar-refractivity contribution >= 4 is 28.3 Å². The first-order valence-corrected chi connectivity index (χ1v) is 11.9. The molecule has 34 heavy (non-hydrogen) atoms. The van der Waals surface area contributed by atoms with Crippen LogP contribution in [-0.4, -0.2) is 47.3 Å². The van der Waals surface area contributed by atoms with Gasteiger partial charge in [0, 0.05) is 50.0 Å². The number of aryl methyl sites for hydroxylation is 1. The molecular weight excluding hydrogens is 422 g/mol. The second kappa shape index (κ2) is 9.56. The molecule has 1 aliphatic rings. The molecule has 4 aromatic rings. The van der Waals surface area contributed by atoms with Gasteiger partial charge in [0.15, 0.2) is 0 Å². The third-order valence-electron chi connectivity index (χ3n) is 6.69. The first-order valence-electron chi connectivity index (χ1n) is 11.9. The predicted octanol–water partition coefficient (Wildman–Crippen LogP) is 4.78. The van der Waals surface area contributed by atoms with Crippen molar-refractivity contribution in [2.75, 3.05) is 31.1 Å². The van der Waals surface area contributed by atoms with E-state index >= 15 is 0 Å². The molecule has 0 N–H and O–H groups in total. The number of hydrogen-bond donors (Lipinski definition) is 0. The lowest BCUT2D eigenvalue weighted by Gasteiger charge is -2.35. The summed E-state index contributed by atoms with van der Waals surface area (Å²) < 4.78 is 2.12. The Kier molecular flexibility index (Phi) is 6.17. The van der Waals surface area contributed by atoms with E-state index in [1.165, 1.54) is 5.56 Å². The number of Topliss-reactive ketones (excluding diaryl/α,β-unsaturated/α-hetero) is 1. The highest BCUT2D eigenvalue weighted by atomic mass is 16.2. The average molecular weight is 452 g/mol. The van der Waals surface area contributed by atoms with Gasteiger partial charge < -0.3 is 14.4 Å². The van der Waals surface area contributed by atoms with Gasteiger partial charge in [0.1, 0.15) is 0 Å². The summed E-state index contributed by atoms with van der Waals surface area (Å²) in [7, 11) is 0. The molecule has 1 amide bonds. The fourth-order valence-corrected chi connectivity index (χ4v) is 4.87. The van der Waals surface area contributed by atoms with Crippen LogP contribution >= 0.6 is 0 Å². The van der Waals surface area contributed by atoms with Crippen molar-refractivity contribution in [1.29, 1.82) is 0 Å². The van der Waals surface area contributed by atoms with Gasteiger partial charge in [-0.25, -0.2) is 0 Å². The molecule has 172 valence electrons. The normalized spacial score (nSPS) is 13.9. The van der Waals surface area contributed by atoms with Crippen molar-refractivity contribution in [2.45, 2.75) is 19.9 Å². The van der Waals surface area contributed by atoms with Gasteiger partial charge in [0.25, 0.3) is 11.7 Å². The Labute approximate surface area is 200 Å². The fourth-order valence-electron chi connectivity index (χ4n) is 4.87. The molecule has 1 saturated heterocycles. The van der Waals surface area contributed by atoms with E-state index in [1.807, 2.05) is 54.7 Å². The average Bonchev–Trinajstić information content (AvgIpc) is 3.27. The topological polar surface area (TPSA) is 45.6 Å². The Hall–Kier alpha value is -3.86. The molecule has 1 fully saturated rings. The van der Waals surface area contributed by atoms with Crippen LogP contribution in [0.5, 0.6) is 0 Å². The Balaban J connectivity index is 1.40. The van der Waals surface area contributed by atoms with Gasteiger partial charge >= 0.3 is 0 Å². The molecule has 0 spiro atoms. The van der Waals surface area contributed by atoms with Crippen molar-refractivity contribution in [3.05, 3.63) is 102 Å². The van der Waals surface area contributed by atoms with E-state index in [2.05, 4.69) is 46.7 Å². The van der Waals surface area contributed by atoms with Crippen molar-refractivity contribution in [3.63, 3.8) is 0 Å². The van der Waals surface area contributed by atoms with E-state index in [1.54, 1.807) is 4.90 Å². The molecule has 0 bridgehead atoms. The molecule has 0 unspecified atom stereocenters. The van der Waals surface area contributed by atoms with Gasteiger partial charge in [-0.3, -0.25) is 9.59 Å². The minimum Gasteiger partial charge on any atom is -0.368 e. The predicted molar refractivity (Wildman–Crippen MR) is 136 cm³/mol. The summed E-state index contributed by atoms with van der Waals surface area (Å²) >= 11 is 0. The summed E-state index contributed by atoms with van der Waals surface area (Å²) in [6.45, 7) is 5.31. The monoisotopic (exact) mass is 451 g/mol. The van der Waals surface area contributed by atoms with Gasteiger partial charge in [-0.2, -0.15) is 0 Å². The number of rotatable bonds is 6. The van der Waals surface area contributed by atoms with Crippen LogP contribution in [0.1, 0.15) is 28.4 Å². The highest BCUT2D eigenvalue weighted by Gasteiger charge is 2.29. The summed E-state index contributed by atoms with van der Waals surface area (Å²) in [5.74, 6) is -0.827. The largest absolute Gasteiger partial charge is 0.368 e. The number of carbonyl (C=O) groups excluding carboxylic acids is 2. The van der Waals surface area contributed by atoms with Crippen molar-refractivity contribution < 1.29 is 9.59 Å². The number of benzene rings is 3. The van der Waals surface area contributed by atoms with Gasteiger partial charge in [-0.05, 0) is 29.7 Å². The molecule has 1 aromatic heterocycles. The number of hydrogen-bond acceptors (Lipinski definition) is 3. The zero-order valence-electron chi connectivity index (χ0n) is 19.5. The number of fused-ring (bicyclic) bond motifs is 1. The number of aromatic nitrogens is 1. The van der Waals surface area contributed by atoms with E-state index in [-0.39, 0.29) is 0 Å². The maximum atomic E-state index is 13.5. The van der Waals surface area contributed by atoms with Crippen LogP contribution in [0.3, 0.4) is 0 Å². The molecule has 0 aliphatic carbocycles. The van der Waals surface area contributed by atoms with Crippen LogP contribution in [0.15, 0.2) is 85.1 Å². The van der Waals surface area contributed by atoms with Crippen LogP contribution in [-0.2, 0) is 17.8 Å². The van der Waals surface area contributed by atoms with Crippen molar-refractivity contribution in [2.24, 2.45) is 0 Å². The molecule has 0 atom stereocenters. The van der Waals surface area contributed by atoms with E-state index in [0.717, 1.165) is 41.7 Å². The first-order chi connectivity index (χ1) is 16.7. The summed E-state index contributed by atoms with van der Waals surface area (Å²) in [5.41, 5.74) is 5.02. The molecule has 1 aliphatic heterocycles. The zero-order valence-corrected chi connectivity index (χ0v) is 19.5. The van der Waals surface area contributed by atoms with Crippen LogP contribution in [0.25, 0.3) is 10.9 Å². The second-order valence-corrected chi connectivity index (χ2v) is 8.77. The Morgan fingerprint density at radius 3 is 2.15 bits per heavy atom. The molecular formula is C29H29N3O2. The van der Waals surface area contributed by atoms with Crippen molar-refractivity contribution in [1.82, 2.24) is 9.47 Å². The smallest absolute Gasteiger partial charge is 0.295 e. The lowest BCUT2D eigenvalue weighted by Crippen LogP contribution is -2.50. The fraction of sp³-hybridized carbons (Fsp3) is 0.241. The Morgan fingerprint density at radius 1 is 0.794 bits per heavy atom. The van der Waals surface area contributed by atoms with Crippen LogP contribution < -0.4 is 4.90 Å². The molecule has 5 rings (SSSR count). The van der Waals surface area contributed by atoms with Crippen LogP contribution in [0.2, 0.25) is 0 Å². The molecule has 3 aromatic carbocycles. The van der Waals surface area contributed by atoms with Gasteiger partial charge in [-0.1, -0.05) is 73.7 Å². The molecule has 2 heterocycles. The Morgan fingerprint density at radius 2 is 1.47 bits per heavy atom. The lowest BCUT2D eigenvalue weighted by atomic mass is 10.0. The maximum Gasteiger partial charge on any atom is 0.295 e. The molecule has 0 saturated carbocycles. The van der Waals surface area contributed by atoms with E-state index < -0.39 is 11.7 Å². The number of ketones is 1. The molecule has 5 nitrogen and oxygen atoms in total. The maximum absolute atomic E-state index is 13.5.